The van der Waals surface area contributed by atoms with Crippen molar-refractivity contribution >= 4 is 35.6 Å². The van der Waals surface area contributed by atoms with E-state index in [1.807, 2.05) is 12.1 Å². The second-order valence-electron chi connectivity index (χ2n) is 9.43. The van der Waals surface area contributed by atoms with Crippen molar-refractivity contribution in [2.75, 3.05) is 46.1 Å². The molecule has 40 heavy (non-hydrogen) atoms. The van der Waals surface area contributed by atoms with Gasteiger partial charge < -0.3 is 24.8 Å². The number of hydrogen-bond donors (Lipinski definition) is 3. The number of phenolic OH excluding ortho intramolecular Hbond substituents is 3. The molecule has 0 atom stereocenters. The molecule has 0 fully saturated rings. The first-order valence-corrected chi connectivity index (χ1v) is 13.8. The van der Waals surface area contributed by atoms with Crippen molar-refractivity contribution in [3.63, 3.8) is 0 Å². The normalized spacial score (nSPS) is 15.9. The summed E-state index contributed by atoms with van der Waals surface area (Å²) in [5.41, 5.74) is 3.32. The van der Waals surface area contributed by atoms with Gasteiger partial charge in [0.2, 0.25) is 0 Å². The van der Waals surface area contributed by atoms with E-state index >= 15 is 0 Å². The Kier molecular flexibility index (Phi) is 11.2. The van der Waals surface area contributed by atoms with Gasteiger partial charge in [0.05, 0.1) is 39.5 Å². The summed E-state index contributed by atoms with van der Waals surface area (Å²) >= 11 is 12.9. The molecule has 1 aliphatic rings. The summed E-state index contributed by atoms with van der Waals surface area (Å²) in [6.07, 6.45) is 3.87. The zero-order valence-corrected chi connectivity index (χ0v) is 23.6. The predicted octanol–water partition coefficient (Wildman–Crippen LogP) is 5.24. The quantitative estimate of drug-likeness (QED) is 0.388. The van der Waals surface area contributed by atoms with Gasteiger partial charge >= 0.3 is 0 Å². The fourth-order valence-electron chi connectivity index (χ4n) is 4.32. The molecule has 0 saturated heterocycles. The van der Waals surface area contributed by atoms with E-state index in [1.165, 1.54) is 0 Å². The highest BCUT2D eigenvalue weighted by molar-refractivity contribution is 6.31. The van der Waals surface area contributed by atoms with Gasteiger partial charge in [-0.05, 0) is 48.4 Å². The van der Waals surface area contributed by atoms with Crippen LogP contribution in [-0.2, 0) is 29.0 Å². The summed E-state index contributed by atoms with van der Waals surface area (Å²) < 4.78 is 11.1. The number of fused-ring (bicyclic) bond motifs is 4. The van der Waals surface area contributed by atoms with E-state index in [4.69, 9.17) is 32.7 Å². The maximum Gasteiger partial charge on any atom is 0.128 e. The first-order chi connectivity index (χ1) is 19.4. The van der Waals surface area contributed by atoms with Crippen molar-refractivity contribution in [2.24, 2.45) is 9.98 Å². The molecule has 3 aromatic carbocycles. The number of rotatable bonds is 3. The Bertz CT molecular complexity index is 1250. The van der Waals surface area contributed by atoms with Crippen molar-refractivity contribution in [1.29, 1.82) is 0 Å². The van der Waals surface area contributed by atoms with Crippen LogP contribution in [0.1, 0.15) is 27.8 Å². The summed E-state index contributed by atoms with van der Waals surface area (Å²) in [7, 11) is 0. The first kappa shape index (κ1) is 29.8. The van der Waals surface area contributed by atoms with Crippen LogP contribution in [0.4, 0.5) is 0 Å². The van der Waals surface area contributed by atoms with Gasteiger partial charge in [0.15, 0.2) is 0 Å². The molecule has 0 aliphatic carbocycles. The van der Waals surface area contributed by atoms with Gasteiger partial charge in [0.25, 0.3) is 0 Å². The van der Waals surface area contributed by atoms with Crippen LogP contribution >= 0.6 is 23.2 Å². The zero-order valence-electron chi connectivity index (χ0n) is 22.1. The third-order valence-electron chi connectivity index (χ3n) is 6.37. The van der Waals surface area contributed by atoms with Crippen LogP contribution in [0.3, 0.4) is 0 Å². The molecule has 1 heterocycles. The summed E-state index contributed by atoms with van der Waals surface area (Å²) in [5.74, 6) is 0.383. The van der Waals surface area contributed by atoms with Gasteiger partial charge in [-0.2, -0.15) is 0 Å². The number of halogens is 2. The number of phenols is 3. The van der Waals surface area contributed by atoms with Crippen LogP contribution in [-0.4, -0.2) is 78.7 Å². The molecule has 4 rings (SSSR count). The Morgan fingerprint density at radius 2 is 1.20 bits per heavy atom. The number of aliphatic imine (C=N–C) groups is 2. The first-order valence-electron chi connectivity index (χ1n) is 13.1. The molecule has 3 aromatic rings. The lowest BCUT2D eigenvalue weighted by Gasteiger charge is -2.24. The minimum Gasteiger partial charge on any atom is -0.508 e. The number of nitrogens with zero attached hydrogens (tertiary/aromatic N) is 3. The Labute approximate surface area is 244 Å². The van der Waals surface area contributed by atoms with Crippen LogP contribution in [0, 0.1) is 0 Å². The molecule has 0 amide bonds. The fraction of sp³-hybridized carbons (Fsp3) is 0.333. The smallest absolute Gasteiger partial charge is 0.128 e. The van der Waals surface area contributed by atoms with Crippen molar-refractivity contribution in [3.05, 3.63) is 86.4 Å². The monoisotopic (exact) mass is 585 g/mol. The topological polar surface area (TPSA) is 107 Å². The van der Waals surface area contributed by atoms with E-state index in [1.54, 1.807) is 48.8 Å². The van der Waals surface area contributed by atoms with E-state index in [0.29, 0.717) is 97.9 Å². The highest BCUT2D eigenvalue weighted by atomic mass is 35.5. The molecular formula is C30H33Cl2N3O5. The molecule has 0 aromatic heterocycles. The molecule has 0 radical (unpaired) electrons. The van der Waals surface area contributed by atoms with Crippen LogP contribution < -0.4 is 0 Å². The summed E-state index contributed by atoms with van der Waals surface area (Å²) in [5, 5.41) is 32.8. The third kappa shape index (κ3) is 8.94. The maximum atomic E-state index is 11.1. The average Bonchev–Trinajstić information content (AvgIpc) is 2.92. The van der Waals surface area contributed by atoms with E-state index in [9.17, 15) is 15.3 Å². The van der Waals surface area contributed by atoms with E-state index in [2.05, 4.69) is 14.9 Å². The Hall–Kier alpha value is -3.14. The zero-order chi connectivity index (χ0) is 28.3. The van der Waals surface area contributed by atoms with Crippen molar-refractivity contribution in [3.8, 4) is 17.2 Å². The number of benzene rings is 3. The van der Waals surface area contributed by atoms with Gasteiger partial charge in [-0.1, -0.05) is 35.3 Å². The Morgan fingerprint density at radius 3 is 1.70 bits per heavy atom. The molecule has 10 heteroatoms. The van der Waals surface area contributed by atoms with Crippen LogP contribution in [0.5, 0.6) is 17.2 Å². The molecule has 3 N–H and O–H groups in total. The lowest BCUT2D eigenvalue weighted by atomic mass is 10.1. The van der Waals surface area contributed by atoms with Gasteiger partial charge in [0.1, 0.15) is 17.2 Å². The molecule has 1 aliphatic heterocycles. The second-order valence-corrected chi connectivity index (χ2v) is 10.3. The van der Waals surface area contributed by atoms with E-state index < -0.39 is 0 Å². The van der Waals surface area contributed by atoms with Crippen molar-refractivity contribution in [1.82, 2.24) is 4.90 Å². The van der Waals surface area contributed by atoms with Gasteiger partial charge in [-0.25, -0.2) is 0 Å². The highest BCUT2D eigenvalue weighted by Crippen LogP contribution is 2.31. The van der Waals surface area contributed by atoms with Gasteiger partial charge in [-0.15, -0.1) is 0 Å². The van der Waals surface area contributed by atoms with Crippen LogP contribution in [0.25, 0.3) is 0 Å². The van der Waals surface area contributed by atoms with E-state index in [-0.39, 0.29) is 17.2 Å². The van der Waals surface area contributed by atoms with Crippen LogP contribution in [0.15, 0.2) is 58.5 Å². The molecule has 0 saturated carbocycles. The lowest BCUT2D eigenvalue weighted by molar-refractivity contribution is 0.0541. The standard InChI is InChI=1S/C30H33Cl2N3O5/c31-26-13-22-17-33-6-9-39-11-12-40-10-7-34-18-23-14-27(32)16-25(30(23)38)20-35(19-24(15-26)29(22)37)8-5-21-1-3-28(36)4-2-21/h1-4,13-18,36-38H,5-12,19-20H2. The lowest BCUT2D eigenvalue weighted by Crippen LogP contribution is -2.25. The molecule has 0 unspecified atom stereocenters. The average molecular weight is 587 g/mol. The minimum atomic E-state index is 0.0890. The van der Waals surface area contributed by atoms with E-state index in [0.717, 1.165) is 5.56 Å². The predicted molar refractivity (Wildman–Crippen MR) is 159 cm³/mol. The molecule has 8 nitrogen and oxygen atoms in total. The molecule has 212 valence electrons. The summed E-state index contributed by atoms with van der Waals surface area (Å²) in [6.45, 7) is 3.86. The summed E-state index contributed by atoms with van der Waals surface area (Å²) in [6, 6.07) is 13.8. The second kappa shape index (κ2) is 15.0. The number of ether oxygens (including phenoxy) is 2. The molecule has 4 bridgehead atoms. The fourth-order valence-corrected chi connectivity index (χ4v) is 4.82. The Balaban J connectivity index is 1.66. The minimum absolute atomic E-state index is 0.0890. The largest absolute Gasteiger partial charge is 0.508 e. The molecule has 0 spiro atoms. The van der Waals surface area contributed by atoms with Gasteiger partial charge in [-0.3, -0.25) is 14.9 Å². The van der Waals surface area contributed by atoms with Crippen LogP contribution in [0.2, 0.25) is 10.0 Å². The Morgan fingerprint density at radius 1 is 0.700 bits per heavy atom. The van der Waals surface area contributed by atoms with Crippen molar-refractivity contribution in [2.45, 2.75) is 19.5 Å². The SMILES string of the molecule is Oc1ccc(CCN2Cc3cc(Cl)cc(c3O)C=NCCOCCOCCN=Cc3cc(Cl)cc(c3O)C2)cc1. The van der Waals surface area contributed by atoms with Gasteiger partial charge in [0, 0.05) is 64.4 Å². The third-order valence-corrected chi connectivity index (χ3v) is 6.81. The highest BCUT2D eigenvalue weighted by Gasteiger charge is 2.17. The van der Waals surface area contributed by atoms with Crippen molar-refractivity contribution < 1.29 is 24.8 Å². The maximum absolute atomic E-state index is 11.1. The number of aromatic hydroxyl groups is 3. The summed E-state index contributed by atoms with van der Waals surface area (Å²) in [4.78, 5) is 10.9. The number of hydrogen-bond acceptors (Lipinski definition) is 8. The molecular weight excluding hydrogens is 553 g/mol.